The summed E-state index contributed by atoms with van der Waals surface area (Å²) in [5.74, 6) is 1.62. The molecule has 0 atom stereocenters. The van der Waals surface area contributed by atoms with Crippen molar-refractivity contribution in [3.63, 3.8) is 0 Å². The summed E-state index contributed by atoms with van der Waals surface area (Å²) >= 11 is 1.68. The predicted molar refractivity (Wildman–Crippen MR) is 75.8 cm³/mol. The molecule has 0 aliphatic heterocycles. The Morgan fingerprint density at radius 2 is 2.11 bits per heavy atom. The van der Waals surface area contributed by atoms with Crippen molar-refractivity contribution in [2.24, 2.45) is 11.7 Å². The third-order valence-electron chi connectivity index (χ3n) is 4.11. The van der Waals surface area contributed by atoms with Crippen LogP contribution in [0.1, 0.15) is 43.4 Å². The van der Waals surface area contributed by atoms with E-state index in [4.69, 9.17) is 10.3 Å². The molecule has 0 unspecified atom stereocenters. The number of nitrogens with zero attached hydrogens (tertiary/aromatic N) is 2. The van der Waals surface area contributed by atoms with Crippen molar-refractivity contribution < 1.29 is 4.52 Å². The summed E-state index contributed by atoms with van der Waals surface area (Å²) in [6.07, 6.45) is 8.09. The molecule has 19 heavy (non-hydrogen) atoms. The van der Waals surface area contributed by atoms with E-state index in [0.29, 0.717) is 0 Å². The molecule has 1 fully saturated rings. The van der Waals surface area contributed by atoms with E-state index in [1.54, 1.807) is 17.5 Å². The lowest BCUT2D eigenvalue weighted by molar-refractivity contribution is 0.247. The summed E-state index contributed by atoms with van der Waals surface area (Å²) in [5, 5.41) is 4.87. The van der Waals surface area contributed by atoms with Crippen LogP contribution in [0.5, 0.6) is 0 Å². The SMILES string of the molecule is Cc1oncc1-c1cnc(C2(N)CCC(C)CC2)s1. The highest BCUT2D eigenvalue weighted by molar-refractivity contribution is 7.15. The molecule has 2 N–H and O–H groups in total. The Balaban J connectivity index is 1.87. The van der Waals surface area contributed by atoms with Crippen LogP contribution in [0, 0.1) is 12.8 Å². The fraction of sp³-hybridized carbons (Fsp3) is 0.571. The van der Waals surface area contributed by atoms with Gasteiger partial charge in [0.1, 0.15) is 10.8 Å². The van der Waals surface area contributed by atoms with Gasteiger partial charge in [-0.2, -0.15) is 0 Å². The molecule has 0 saturated heterocycles. The van der Waals surface area contributed by atoms with Gasteiger partial charge in [-0.05, 0) is 38.5 Å². The maximum absolute atomic E-state index is 6.56. The largest absolute Gasteiger partial charge is 0.361 e. The van der Waals surface area contributed by atoms with Gasteiger partial charge in [0, 0.05) is 6.20 Å². The molecule has 2 aromatic heterocycles. The second-order valence-electron chi connectivity index (χ2n) is 5.66. The molecular formula is C14H19N3OS. The summed E-state index contributed by atoms with van der Waals surface area (Å²) in [5.41, 5.74) is 7.35. The van der Waals surface area contributed by atoms with Crippen molar-refractivity contribution in [2.75, 3.05) is 0 Å². The molecule has 0 spiro atoms. The second-order valence-corrected chi connectivity index (χ2v) is 6.69. The van der Waals surface area contributed by atoms with Gasteiger partial charge in [-0.1, -0.05) is 12.1 Å². The zero-order valence-electron chi connectivity index (χ0n) is 11.3. The smallest absolute Gasteiger partial charge is 0.142 e. The average molecular weight is 277 g/mol. The number of aromatic nitrogens is 2. The Morgan fingerprint density at radius 3 is 2.74 bits per heavy atom. The maximum atomic E-state index is 6.56. The van der Waals surface area contributed by atoms with Gasteiger partial charge in [-0.15, -0.1) is 11.3 Å². The standard InChI is InChI=1S/C14H19N3OS/c1-9-3-5-14(15,6-4-9)13-16-8-12(19-13)11-7-17-18-10(11)2/h7-9H,3-6,15H2,1-2H3. The van der Waals surface area contributed by atoms with Crippen LogP contribution in [0.2, 0.25) is 0 Å². The van der Waals surface area contributed by atoms with E-state index in [1.165, 1.54) is 12.8 Å². The van der Waals surface area contributed by atoms with Crippen molar-refractivity contribution in [1.82, 2.24) is 10.1 Å². The monoisotopic (exact) mass is 277 g/mol. The molecule has 0 amide bonds. The highest BCUT2D eigenvalue weighted by atomic mass is 32.1. The molecule has 2 heterocycles. The van der Waals surface area contributed by atoms with Crippen LogP contribution in [0.4, 0.5) is 0 Å². The van der Waals surface area contributed by atoms with Crippen LogP contribution in [0.3, 0.4) is 0 Å². The lowest BCUT2D eigenvalue weighted by Gasteiger charge is -2.34. The van der Waals surface area contributed by atoms with Crippen LogP contribution >= 0.6 is 11.3 Å². The van der Waals surface area contributed by atoms with Crippen molar-refractivity contribution in [3.05, 3.63) is 23.2 Å². The molecule has 2 aromatic rings. The minimum atomic E-state index is -0.236. The lowest BCUT2D eigenvalue weighted by Crippen LogP contribution is -2.39. The first-order valence-electron chi connectivity index (χ1n) is 6.75. The van der Waals surface area contributed by atoms with Gasteiger partial charge in [-0.3, -0.25) is 0 Å². The Bertz CT molecular complexity index is 567. The molecule has 0 aromatic carbocycles. The molecule has 1 aliphatic carbocycles. The lowest BCUT2D eigenvalue weighted by atomic mass is 9.78. The molecule has 102 valence electrons. The van der Waals surface area contributed by atoms with Gasteiger partial charge in [-0.25, -0.2) is 4.98 Å². The number of hydrogen-bond donors (Lipinski definition) is 1. The van der Waals surface area contributed by atoms with E-state index in [1.807, 2.05) is 13.1 Å². The van der Waals surface area contributed by atoms with Gasteiger partial charge in [0.25, 0.3) is 0 Å². The second kappa shape index (κ2) is 4.72. The van der Waals surface area contributed by atoms with E-state index in [0.717, 1.165) is 40.0 Å². The van der Waals surface area contributed by atoms with Crippen LogP contribution in [-0.2, 0) is 5.54 Å². The van der Waals surface area contributed by atoms with Gasteiger partial charge in [0.05, 0.1) is 22.2 Å². The predicted octanol–water partition coefficient (Wildman–Crippen LogP) is 3.47. The zero-order chi connectivity index (χ0) is 13.5. The summed E-state index contributed by atoms with van der Waals surface area (Å²) in [6, 6.07) is 0. The molecule has 1 saturated carbocycles. The Kier molecular flexibility index (Phi) is 3.19. The molecule has 1 aliphatic rings. The van der Waals surface area contributed by atoms with Crippen LogP contribution < -0.4 is 5.73 Å². The molecule has 5 heteroatoms. The van der Waals surface area contributed by atoms with E-state index >= 15 is 0 Å². The quantitative estimate of drug-likeness (QED) is 0.912. The van der Waals surface area contributed by atoms with Crippen molar-refractivity contribution in [3.8, 4) is 10.4 Å². The van der Waals surface area contributed by atoms with Crippen molar-refractivity contribution >= 4 is 11.3 Å². The maximum Gasteiger partial charge on any atom is 0.142 e. The number of thiazole rings is 1. The highest BCUT2D eigenvalue weighted by Crippen LogP contribution is 2.41. The zero-order valence-corrected chi connectivity index (χ0v) is 12.2. The van der Waals surface area contributed by atoms with Crippen LogP contribution in [-0.4, -0.2) is 10.1 Å². The van der Waals surface area contributed by atoms with Crippen molar-refractivity contribution in [2.45, 2.75) is 45.1 Å². The fourth-order valence-electron chi connectivity index (χ4n) is 2.66. The number of aryl methyl sites for hydroxylation is 1. The summed E-state index contributed by atoms with van der Waals surface area (Å²) in [6.45, 7) is 4.22. The minimum absolute atomic E-state index is 0.236. The molecule has 4 nitrogen and oxygen atoms in total. The van der Waals surface area contributed by atoms with E-state index < -0.39 is 0 Å². The Morgan fingerprint density at radius 1 is 1.37 bits per heavy atom. The van der Waals surface area contributed by atoms with Crippen molar-refractivity contribution in [1.29, 1.82) is 0 Å². The minimum Gasteiger partial charge on any atom is -0.361 e. The van der Waals surface area contributed by atoms with E-state index in [9.17, 15) is 0 Å². The van der Waals surface area contributed by atoms with Crippen LogP contribution in [0.15, 0.2) is 16.9 Å². The topological polar surface area (TPSA) is 64.9 Å². The molecular weight excluding hydrogens is 258 g/mol. The Labute approximate surface area is 117 Å². The number of nitrogens with two attached hydrogens (primary N) is 1. The third kappa shape index (κ3) is 2.32. The molecule has 0 radical (unpaired) electrons. The van der Waals surface area contributed by atoms with Gasteiger partial charge >= 0.3 is 0 Å². The highest BCUT2D eigenvalue weighted by Gasteiger charge is 2.34. The van der Waals surface area contributed by atoms with Gasteiger partial charge in [0.2, 0.25) is 0 Å². The summed E-state index contributed by atoms with van der Waals surface area (Å²) in [4.78, 5) is 5.65. The third-order valence-corrected chi connectivity index (χ3v) is 5.36. The van der Waals surface area contributed by atoms with E-state index in [-0.39, 0.29) is 5.54 Å². The summed E-state index contributed by atoms with van der Waals surface area (Å²) < 4.78 is 5.11. The number of rotatable bonds is 2. The Hall–Kier alpha value is -1.20. The molecule has 3 rings (SSSR count). The van der Waals surface area contributed by atoms with Crippen LogP contribution in [0.25, 0.3) is 10.4 Å². The normalized spacial score (nSPS) is 27.6. The molecule has 0 bridgehead atoms. The summed E-state index contributed by atoms with van der Waals surface area (Å²) in [7, 11) is 0. The first-order valence-corrected chi connectivity index (χ1v) is 7.57. The number of hydrogen-bond acceptors (Lipinski definition) is 5. The van der Waals surface area contributed by atoms with Gasteiger partial charge < -0.3 is 10.3 Å². The first-order chi connectivity index (χ1) is 9.08. The first kappa shape index (κ1) is 12.8. The van der Waals surface area contributed by atoms with Gasteiger partial charge in [0.15, 0.2) is 0 Å². The fourth-order valence-corrected chi connectivity index (χ4v) is 3.79. The average Bonchev–Trinajstić information content (AvgIpc) is 3.01. The van der Waals surface area contributed by atoms with E-state index in [2.05, 4.69) is 17.1 Å².